The third-order valence-electron chi connectivity index (χ3n) is 4.70. The van der Waals surface area contributed by atoms with Crippen molar-refractivity contribution in [3.8, 4) is 11.1 Å². The van der Waals surface area contributed by atoms with Crippen molar-refractivity contribution in [3.63, 3.8) is 0 Å². The summed E-state index contributed by atoms with van der Waals surface area (Å²) in [7, 11) is 0. The Morgan fingerprint density at radius 2 is 1.36 bits per heavy atom. The molecule has 0 saturated carbocycles. The van der Waals surface area contributed by atoms with Crippen molar-refractivity contribution in [2.75, 3.05) is 0 Å². The first-order valence-electron chi connectivity index (χ1n) is 9.43. The monoisotopic (exact) mass is 372 g/mol. The minimum atomic E-state index is -0.676. The summed E-state index contributed by atoms with van der Waals surface area (Å²) in [5.41, 5.74) is 9.32. The molecule has 0 saturated heterocycles. The van der Waals surface area contributed by atoms with Gasteiger partial charge in [0.1, 0.15) is 6.04 Å². The second kappa shape index (κ2) is 9.51. The summed E-state index contributed by atoms with van der Waals surface area (Å²) >= 11 is 0. The number of carbonyl (C=O) groups excluding carboxylic acids is 2. The Hall–Kier alpha value is -3.40. The van der Waals surface area contributed by atoms with Crippen LogP contribution in [0.5, 0.6) is 0 Å². The lowest BCUT2D eigenvalue weighted by molar-refractivity contribution is -0.120. The largest absolute Gasteiger partial charge is 0.368 e. The molecule has 3 rings (SSSR count). The van der Waals surface area contributed by atoms with Crippen molar-refractivity contribution in [2.24, 2.45) is 5.73 Å². The zero-order chi connectivity index (χ0) is 19.8. The van der Waals surface area contributed by atoms with Crippen LogP contribution in [0.1, 0.15) is 28.8 Å². The number of primary amides is 1. The maximum absolute atomic E-state index is 12.5. The molecule has 4 heteroatoms. The number of nitrogens with two attached hydrogens (primary N) is 1. The van der Waals surface area contributed by atoms with Crippen LogP contribution in [0.4, 0.5) is 0 Å². The lowest BCUT2D eigenvalue weighted by Crippen LogP contribution is -2.44. The normalized spacial score (nSPS) is 11.6. The van der Waals surface area contributed by atoms with Crippen LogP contribution in [0, 0.1) is 0 Å². The third-order valence-corrected chi connectivity index (χ3v) is 4.70. The summed E-state index contributed by atoms with van der Waals surface area (Å²) in [5.74, 6) is -0.801. The number of rotatable bonds is 8. The molecule has 0 bridgehead atoms. The molecule has 3 aromatic rings. The first-order chi connectivity index (χ1) is 13.6. The molecule has 0 fully saturated rings. The van der Waals surface area contributed by atoms with Gasteiger partial charge in [-0.1, -0.05) is 72.8 Å². The van der Waals surface area contributed by atoms with Crippen molar-refractivity contribution in [2.45, 2.75) is 25.3 Å². The number of benzene rings is 3. The number of hydrogen-bond acceptors (Lipinski definition) is 2. The van der Waals surface area contributed by atoms with Crippen LogP contribution in [0.15, 0.2) is 84.9 Å². The maximum atomic E-state index is 12.5. The van der Waals surface area contributed by atoms with Gasteiger partial charge in [-0.3, -0.25) is 9.59 Å². The van der Waals surface area contributed by atoms with E-state index in [-0.39, 0.29) is 5.91 Å². The molecule has 0 aromatic heterocycles. The highest BCUT2D eigenvalue weighted by atomic mass is 16.2. The van der Waals surface area contributed by atoms with Crippen molar-refractivity contribution in [3.05, 3.63) is 96.1 Å². The van der Waals surface area contributed by atoms with E-state index in [1.807, 2.05) is 72.8 Å². The molecule has 2 amide bonds. The molecule has 4 nitrogen and oxygen atoms in total. The van der Waals surface area contributed by atoms with E-state index in [4.69, 9.17) is 5.73 Å². The first kappa shape index (κ1) is 19.4. The summed E-state index contributed by atoms with van der Waals surface area (Å²) in [6.07, 6.45) is 2.12. The average Bonchev–Trinajstić information content (AvgIpc) is 2.74. The Bertz CT molecular complexity index is 906. The van der Waals surface area contributed by atoms with Gasteiger partial charge < -0.3 is 11.1 Å². The van der Waals surface area contributed by atoms with Gasteiger partial charge in [-0.25, -0.2) is 0 Å². The molecule has 28 heavy (non-hydrogen) atoms. The van der Waals surface area contributed by atoms with Crippen LogP contribution >= 0.6 is 0 Å². The van der Waals surface area contributed by atoms with Gasteiger partial charge in [-0.05, 0) is 48.1 Å². The van der Waals surface area contributed by atoms with Crippen molar-refractivity contribution in [1.29, 1.82) is 0 Å². The fourth-order valence-electron chi connectivity index (χ4n) is 3.13. The van der Waals surface area contributed by atoms with Gasteiger partial charge in [0.2, 0.25) is 5.91 Å². The SMILES string of the molecule is NC(=O)[C@H](CCCc1ccccc1)NC(=O)c1ccc(-c2ccccc2)cc1. The van der Waals surface area contributed by atoms with Crippen molar-refractivity contribution < 1.29 is 9.59 Å². The van der Waals surface area contributed by atoms with Gasteiger partial charge in [-0.2, -0.15) is 0 Å². The Kier molecular flexibility index (Phi) is 6.58. The van der Waals surface area contributed by atoms with Crippen molar-refractivity contribution >= 4 is 11.8 Å². The molecule has 142 valence electrons. The second-order valence-corrected chi connectivity index (χ2v) is 6.75. The van der Waals surface area contributed by atoms with Crippen LogP contribution in [-0.2, 0) is 11.2 Å². The molecule has 0 aliphatic heterocycles. The zero-order valence-electron chi connectivity index (χ0n) is 15.7. The van der Waals surface area contributed by atoms with E-state index < -0.39 is 11.9 Å². The van der Waals surface area contributed by atoms with Crippen molar-refractivity contribution in [1.82, 2.24) is 5.32 Å². The number of amides is 2. The molecule has 0 radical (unpaired) electrons. The smallest absolute Gasteiger partial charge is 0.251 e. The molecular formula is C24H24N2O2. The summed E-state index contributed by atoms with van der Waals surface area (Å²) < 4.78 is 0. The number of hydrogen-bond donors (Lipinski definition) is 2. The standard InChI is InChI=1S/C24H24N2O2/c25-23(27)22(13-7-10-18-8-3-1-4-9-18)26-24(28)21-16-14-20(15-17-21)19-11-5-2-6-12-19/h1-6,8-9,11-12,14-17,22H,7,10,13H2,(H2,25,27)(H,26,28)/t22-/m0/s1. The summed E-state index contributed by atoms with van der Waals surface area (Å²) in [6.45, 7) is 0. The predicted octanol–water partition coefficient (Wildman–Crippen LogP) is 3.96. The van der Waals surface area contributed by atoms with E-state index >= 15 is 0 Å². The average molecular weight is 372 g/mol. The van der Waals surface area contributed by atoms with E-state index in [9.17, 15) is 9.59 Å². The molecule has 0 spiro atoms. The van der Waals surface area contributed by atoms with Crippen LogP contribution in [-0.4, -0.2) is 17.9 Å². The summed E-state index contributed by atoms with van der Waals surface area (Å²) in [4.78, 5) is 24.3. The summed E-state index contributed by atoms with van der Waals surface area (Å²) in [5, 5.41) is 2.76. The molecule has 0 heterocycles. The Morgan fingerprint density at radius 3 is 1.96 bits per heavy atom. The minimum absolute atomic E-state index is 0.289. The van der Waals surface area contributed by atoms with E-state index in [1.165, 1.54) is 5.56 Å². The highest BCUT2D eigenvalue weighted by Crippen LogP contribution is 2.19. The van der Waals surface area contributed by atoms with Gasteiger partial charge in [-0.15, -0.1) is 0 Å². The number of carbonyl (C=O) groups is 2. The Balaban J connectivity index is 1.58. The van der Waals surface area contributed by atoms with E-state index in [1.54, 1.807) is 12.1 Å². The van der Waals surface area contributed by atoms with E-state index in [2.05, 4.69) is 5.32 Å². The topological polar surface area (TPSA) is 72.2 Å². The van der Waals surface area contributed by atoms with E-state index in [0.717, 1.165) is 24.0 Å². The van der Waals surface area contributed by atoms with E-state index in [0.29, 0.717) is 12.0 Å². The van der Waals surface area contributed by atoms with Crippen LogP contribution in [0.25, 0.3) is 11.1 Å². The first-order valence-corrected chi connectivity index (χ1v) is 9.43. The van der Waals surface area contributed by atoms with Gasteiger partial charge in [0.05, 0.1) is 0 Å². The minimum Gasteiger partial charge on any atom is -0.368 e. The van der Waals surface area contributed by atoms with Crippen LogP contribution in [0.3, 0.4) is 0 Å². The molecule has 1 atom stereocenters. The van der Waals surface area contributed by atoms with Gasteiger partial charge >= 0.3 is 0 Å². The fourth-order valence-corrected chi connectivity index (χ4v) is 3.13. The molecule has 3 aromatic carbocycles. The molecule has 0 aliphatic carbocycles. The number of nitrogens with one attached hydrogen (secondary N) is 1. The highest BCUT2D eigenvalue weighted by molar-refractivity contribution is 5.97. The summed E-state index contributed by atoms with van der Waals surface area (Å²) in [6, 6.07) is 26.7. The van der Waals surface area contributed by atoms with Gasteiger partial charge in [0.25, 0.3) is 5.91 Å². The number of aryl methyl sites for hydroxylation is 1. The van der Waals surface area contributed by atoms with Crippen LogP contribution < -0.4 is 11.1 Å². The lowest BCUT2D eigenvalue weighted by atomic mass is 10.0. The highest BCUT2D eigenvalue weighted by Gasteiger charge is 2.18. The molecule has 3 N–H and O–H groups in total. The zero-order valence-corrected chi connectivity index (χ0v) is 15.7. The molecule has 0 unspecified atom stereocenters. The Labute approximate surface area is 165 Å². The Morgan fingerprint density at radius 1 is 0.786 bits per heavy atom. The second-order valence-electron chi connectivity index (χ2n) is 6.75. The van der Waals surface area contributed by atoms with Crippen LogP contribution in [0.2, 0.25) is 0 Å². The third kappa shape index (κ3) is 5.30. The quantitative estimate of drug-likeness (QED) is 0.628. The van der Waals surface area contributed by atoms with Gasteiger partial charge in [0, 0.05) is 5.56 Å². The maximum Gasteiger partial charge on any atom is 0.251 e. The molecule has 0 aliphatic rings. The predicted molar refractivity (Wildman–Crippen MR) is 112 cm³/mol. The van der Waals surface area contributed by atoms with Gasteiger partial charge in [0.15, 0.2) is 0 Å². The fraction of sp³-hybridized carbons (Fsp3) is 0.167. The lowest BCUT2D eigenvalue weighted by Gasteiger charge is -2.15. The molecular weight excluding hydrogens is 348 g/mol.